The lowest BCUT2D eigenvalue weighted by atomic mass is 10.0. The maximum atomic E-state index is 11.8. The van der Waals surface area contributed by atoms with Crippen molar-refractivity contribution in [3.63, 3.8) is 0 Å². The van der Waals surface area contributed by atoms with Crippen molar-refractivity contribution in [1.29, 1.82) is 0 Å². The number of carbonyl (C=O) groups excluding carboxylic acids is 1. The first-order valence-electron chi connectivity index (χ1n) is 8.95. The van der Waals surface area contributed by atoms with Crippen LogP contribution in [-0.2, 0) is 4.79 Å². The van der Waals surface area contributed by atoms with Crippen LogP contribution in [0.15, 0.2) is 24.3 Å². The van der Waals surface area contributed by atoms with Crippen LogP contribution in [-0.4, -0.2) is 24.5 Å². The number of carbonyl (C=O) groups is 1. The summed E-state index contributed by atoms with van der Waals surface area (Å²) in [7, 11) is 0. The van der Waals surface area contributed by atoms with E-state index in [1.54, 1.807) is 0 Å². The predicted octanol–water partition coefficient (Wildman–Crippen LogP) is 4.00. The number of amides is 1. The Morgan fingerprint density at radius 3 is 2.78 bits per heavy atom. The van der Waals surface area contributed by atoms with E-state index in [1.165, 1.54) is 25.7 Å². The average molecular weight is 317 g/mol. The van der Waals surface area contributed by atoms with Crippen LogP contribution in [0.1, 0.15) is 52.9 Å². The summed E-state index contributed by atoms with van der Waals surface area (Å²) in [6.07, 6.45) is 6.39. The number of hydrogen-bond acceptors (Lipinski definition) is 3. The Hall–Kier alpha value is -1.55. The van der Waals surface area contributed by atoms with E-state index in [9.17, 15) is 4.79 Å². The zero-order chi connectivity index (χ0) is 16.7. The lowest BCUT2D eigenvalue weighted by Gasteiger charge is -2.22. The molecule has 1 aliphatic rings. The lowest BCUT2D eigenvalue weighted by Crippen LogP contribution is -2.33. The molecule has 0 aliphatic carbocycles. The topological polar surface area (TPSA) is 53.2 Å². The van der Waals surface area contributed by atoms with Crippen molar-refractivity contribution < 1.29 is 4.79 Å². The highest BCUT2D eigenvalue weighted by Gasteiger charge is 2.15. The average Bonchev–Trinajstić information content (AvgIpc) is 2.76. The van der Waals surface area contributed by atoms with E-state index in [-0.39, 0.29) is 11.8 Å². The summed E-state index contributed by atoms with van der Waals surface area (Å²) in [6.45, 7) is 7.18. The molecular formula is C19H31N3O. The van der Waals surface area contributed by atoms with Gasteiger partial charge in [-0.1, -0.05) is 32.8 Å². The lowest BCUT2D eigenvalue weighted by molar-refractivity contribution is -0.118. The van der Waals surface area contributed by atoms with Gasteiger partial charge in [-0.15, -0.1) is 0 Å². The molecule has 0 radical (unpaired) electrons. The maximum Gasteiger partial charge on any atom is 0.226 e. The van der Waals surface area contributed by atoms with Gasteiger partial charge in [0, 0.05) is 29.4 Å². The van der Waals surface area contributed by atoms with Gasteiger partial charge in [0.15, 0.2) is 0 Å². The monoisotopic (exact) mass is 317 g/mol. The summed E-state index contributed by atoms with van der Waals surface area (Å²) in [4.78, 5) is 11.8. The van der Waals surface area contributed by atoms with Gasteiger partial charge < -0.3 is 16.0 Å². The molecule has 23 heavy (non-hydrogen) atoms. The smallest absolute Gasteiger partial charge is 0.226 e. The second kappa shape index (κ2) is 8.92. The molecule has 128 valence electrons. The first-order chi connectivity index (χ1) is 11.0. The largest absolute Gasteiger partial charge is 0.382 e. The summed E-state index contributed by atoms with van der Waals surface area (Å²) in [6, 6.07) is 9.00. The fraction of sp³-hybridized carbons (Fsp3) is 0.632. The Morgan fingerprint density at radius 2 is 2.00 bits per heavy atom. The first-order valence-corrected chi connectivity index (χ1v) is 8.95. The van der Waals surface area contributed by atoms with E-state index in [4.69, 9.17) is 0 Å². The summed E-state index contributed by atoms with van der Waals surface area (Å²) in [5.41, 5.74) is 1.92. The third-order valence-corrected chi connectivity index (χ3v) is 4.37. The molecular weight excluding hydrogens is 286 g/mol. The Kier molecular flexibility index (Phi) is 6.90. The number of rotatable bonds is 6. The van der Waals surface area contributed by atoms with E-state index < -0.39 is 0 Å². The highest BCUT2D eigenvalue weighted by Crippen LogP contribution is 2.19. The standard InChI is InChI=1S/C19H31N3O/c1-14(2)19(23)22-18-10-7-9-17(13-18)21-15(3)12-16-8-5-4-6-11-20-16/h7,9-10,13-16,20-21H,4-6,8,11-12H2,1-3H3,(H,22,23). The molecule has 0 saturated carbocycles. The van der Waals surface area contributed by atoms with Crippen molar-refractivity contribution in [3.8, 4) is 0 Å². The normalized spacial score (nSPS) is 19.9. The molecule has 1 heterocycles. The number of hydrogen-bond donors (Lipinski definition) is 3. The number of benzene rings is 1. The Morgan fingerprint density at radius 1 is 1.22 bits per heavy atom. The number of anilines is 2. The van der Waals surface area contributed by atoms with Crippen molar-refractivity contribution >= 4 is 17.3 Å². The second-order valence-electron chi connectivity index (χ2n) is 7.01. The van der Waals surface area contributed by atoms with E-state index in [2.05, 4.69) is 28.9 Å². The molecule has 2 atom stereocenters. The van der Waals surface area contributed by atoms with Gasteiger partial charge in [-0.2, -0.15) is 0 Å². The molecule has 4 nitrogen and oxygen atoms in total. The number of nitrogens with one attached hydrogen (secondary N) is 3. The quantitative estimate of drug-likeness (QED) is 0.743. The van der Waals surface area contributed by atoms with Crippen LogP contribution in [0.4, 0.5) is 11.4 Å². The van der Waals surface area contributed by atoms with E-state index in [0.29, 0.717) is 12.1 Å². The van der Waals surface area contributed by atoms with Crippen LogP contribution in [0, 0.1) is 5.92 Å². The van der Waals surface area contributed by atoms with Gasteiger partial charge in [-0.05, 0) is 50.9 Å². The van der Waals surface area contributed by atoms with Gasteiger partial charge in [0.1, 0.15) is 0 Å². The highest BCUT2D eigenvalue weighted by molar-refractivity contribution is 5.92. The minimum atomic E-state index is -0.00755. The molecule has 1 aliphatic heterocycles. The molecule has 1 amide bonds. The van der Waals surface area contributed by atoms with Gasteiger partial charge in [-0.25, -0.2) is 0 Å². The van der Waals surface area contributed by atoms with Crippen molar-refractivity contribution in [2.45, 2.75) is 65.0 Å². The van der Waals surface area contributed by atoms with Crippen LogP contribution in [0.25, 0.3) is 0 Å². The molecule has 2 unspecified atom stereocenters. The van der Waals surface area contributed by atoms with Gasteiger partial charge >= 0.3 is 0 Å². The van der Waals surface area contributed by atoms with E-state index >= 15 is 0 Å². The van der Waals surface area contributed by atoms with Crippen LogP contribution < -0.4 is 16.0 Å². The van der Waals surface area contributed by atoms with Crippen LogP contribution >= 0.6 is 0 Å². The van der Waals surface area contributed by atoms with Gasteiger partial charge in [0.2, 0.25) is 5.91 Å². The minimum absolute atomic E-state index is 0.00755. The van der Waals surface area contributed by atoms with Crippen molar-refractivity contribution in [2.75, 3.05) is 17.2 Å². The second-order valence-corrected chi connectivity index (χ2v) is 7.01. The van der Waals surface area contributed by atoms with Crippen molar-refractivity contribution in [1.82, 2.24) is 5.32 Å². The van der Waals surface area contributed by atoms with Gasteiger partial charge in [-0.3, -0.25) is 4.79 Å². The Balaban J connectivity index is 1.87. The molecule has 0 bridgehead atoms. The van der Waals surface area contributed by atoms with Gasteiger partial charge in [0.05, 0.1) is 0 Å². The van der Waals surface area contributed by atoms with Gasteiger partial charge in [0.25, 0.3) is 0 Å². The molecule has 2 rings (SSSR count). The third-order valence-electron chi connectivity index (χ3n) is 4.37. The van der Waals surface area contributed by atoms with E-state index in [0.717, 1.165) is 24.3 Å². The molecule has 0 aromatic heterocycles. The fourth-order valence-corrected chi connectivity index (χ4v) is 3.05. The van der Waals surface area contributed by atoms with Crippen molar-refractivity contribution in [3.05, 3.63) is 24.3 Å². The van der Waals surface area contributed by atoms with Crippen LogP contribution in [0.3, 0.4) is 0 Å². The van der Waals surface area contributed by atoms with Crippen molar-refractivity contribution in [2.24, 2.45) is 5.92 Å². The first kappa shape index (κ1) is 17.8. The maximum absolute atomic E-state index is 11.8. The molecule has 3 N–H and O–H groups in total. The van der Waals surface area contributed by atoms with Crippen LogP contribution in [0.5, 0.6) is 0 Å². The predicted molar refractivity (Wildman–Crippen MR) is 97.9 cm³/mol. The highest BCUT2D eigenvalue weighted by atomic mass is 16.1. The zero-order valence-electron chi connectivity index (χ0n) is 14.7. The summed E-state index contributed by atoms with van der Waals surface area (Å²) in [5.74, 6) is 0.0460. The SMILES string of the molecule is CC(CC1CCCCCN1)Nc1cccc(NC(=O)C(C)C)c1. The molecule has 1 saturated heterocycles. The van der Waals surface area contributed by atoms with E-state index in [1.807, 2.05) is 32.0 Å². The Bertz CT molecular complexity index is 493. The third kappa shape index (κ3) is 6.22. The molecule has 4 heteroatoms. The zero-order valence-corrected chi connectivity index (χ0v) is 14.7. The molecule has 1 fully saturated rings. The fourth-order valence-electron chi connectivity index (χ4n) is 3.05. The summed E-state index contributed by atoms with van der Waals surface area (Å²) >= 11 is 0. The molecule has 1 aromatic carbocycles. The molecule has 0 spiro atoms. The minimum Gasteiger partial charge on any atom is -0.382 e. The summed E-state index contributed by atoms with van der Waals surface area (Å²) in [5, 5.41) is 10.2. The van der Waals surface area contributed by atoms with Crippen LogP contribution in [0.2, 0.25) is 0 Å². The molecule has 1 aromatic rings. The summed E-state index contributed by atoms with van der Waals surface area (Å²) < 4.78 is 0. The Labute approximate surface area is 140 Å².